The standard InChI is InChI=1S/C10H17NO4/c1-2-7(9(12)13)11-6-4-3-5-8(11)10(14)15/h7-8H,2-6H2,1H3,(H,12,13)(H,14,15). The smallest absolute Gasteiger partial charge is 0.320 e. The molecule has 0 saturated carbocycles. The van der Waals surface area contributed by atoms with Crippen LogP contribution >= 0.6 is 0 Å². The van der Waals surface area contributed by atoms with Crippen LogP contribution in [-0.4, -0.2) is 45.7 Å². The van der Waals surface area contributed by atoms with E-state index in [1.54, 1.807) is 11.8 Å². The van der Waals surface area contributed by atoms with Crippen LogP contribution in [0.1, 0.15) is 32.6 Å². The van der Waals surface area contributed by atoms with Crippen molar-refractivity contribution < 1.29 is 19.8 Å². The molecule has 1 heterocycles. The number of carboxylic acid groups (broad SMARTS) is 2. The third-order valence-corrected chi connectivity index (χ3v) is 2.90. The van der Waals surface area contributed by atoms with Crippen molar-refractivity contribution in [3.05, 3.63) is 0 Å². The Kier molecular flexibility index (Phi) is 4.08. The van der Waals surface area contributed by atoms with E-state index in [-0.39, 0.29) is 0 Å². The second-order valence-corrected chi connectivity index (χ2v) is 3.85. The van der Waals surface area contributed by atoms with Gasteiger partial charge in [-0.25, -0.2) is 0 Å². The Morgan fingerprint density at radius 2 is 2.07 bits per heavy atom. The summed E-state index contributed by atoms with van der Waals surface area (Å²) >= 11 is 0. The number of aliphatic carboxylic acids is 2. The van der Waals surface area contributed by atoms with Crippen LogP contribution in [0.4, 0.5) is 0 Å². The highest BCUT2D eigenvalue weighted by Gasteiger charge is 2.35. The van der Waals surface area contributed by atoms with Gasteiger partial charge >= 0.3 is 11.9 Å². The third-order valence-electron chi connectivity index (χ3n) is 2.90. The molecule has 0 amide bonds. The highest BCUT2D eigenvalue weighted by Crippen LogP contribution is 2.21. The molecule has 1 rings (SSSR count). The van der Waals surface area contributed by atoms with Crippen LogP contribution < -0.4 is 0 Å². The summed E-state index contributed by atoms with van der Waals surface area (Å²) in [6.45, 7) is 2.34. The van der Waals surface area contributed by atoms with E-state index in [1.807, 2.05) is 0 Å². The van der Waals surface area contributed by atoms with Crippen molar-refractivity contribution >= 4 is 11.9 Å². The van der Waals surface area contributed by atoms with Gasteiger partial charge in [0.25, 0.3) is 0 Å². The van der Waals surface area contributed by atoms with Gasteiger partial charge in [-0.3, -0.25) is 14.5 Å². The quantitative estimate of drug-likeness (QED) is 0.725. The zero-order valence-electron chi connectivity index (χ0n) is 8.85. The van der Waals surface area contributed by atoms with Crippen LogP contribution in [0.3, 0.4) is 0 Å². The first-order chi connectivity index (χ1) is 7.07. The van der Waals surface area contributed by atoms with Crippen LogP contribution in [0.5, 0.6) is 0 Å². The molecular weight excluding hydrogens is 198 g/mol. The zero-order valence-corrected chi connectivity index (χ0v) is 8.85. The van der Waals surface area contributed by atoms with Crippen LogP contribution in [0.2, 0.25) is 0 Å². The Labute approximate surface area is 88.7 Å². The molecule has 0 radical (unpaired) electrons. The first kappa shape index (κ1) is 12.0. The van der Waals surface area contributed by atoms with Crippen molar-refractivity contribution in [1.29, 1.82) is 0 Å². The molecule has 0 aromatic carbocycles. The summed E-state index contributed by atoms with van der Waals surface area (Å²) in [6.07, 6.45) is 2.75. The largest absolute Gasteiger partial charge is 0.480 e. The summed E-state index contributed by atoms with van der Waals surface area (Å²) in [5, 5.41) is 18.0. The maximum Gasteiger partial charge on any atom is 0.320 e. The van der Waals surface area contributed by atoms with Crippen molar-refractivity contribution in [2.45, 2.75) is 44.7 Å². The number of carboxylic acids is 2. The van der Waals surface area contributed by atoms with Gasteiger partial charge in [0.15, 0.2) is 0 Å². The number of hydrogen-bond donors (Lipinski definition) is 2. The molecule has 5 heteroatoms. The summed E-state index contributed by atoms with van der Waals surface area (Å²) in [4.78, 5) is 23.5. The van der Waals surface area contributed by atoms with E-state index in [1.165, 1.54) is 0 Å². The molecule has 86 valence electrons. The molecule has 1 saturated heterocycles. The highest BCUT2D eigenvalue weighted by atomic mass is 16.4. The van der Waals surface area contributed by atoms with Gasteiger partial charge in [0.2, 0.25) is 0 Å². The van der Waals surface area contributed by atoms with Crippen LogP contribution in [-0.2, 0) is 9.59 Å². The zero-order chi connectivity index (χ0) is 11.4. The molecule has 0 aromatic rings. The van der Waals surface area contributed by atoms with Gasteiger partial charge in [0, 0.05) is 0 Å². The van der Waals surface area contributed by atoms with E-state index in [0.29, 0.717) is 19.4 Å². The minimum Gasteiger partial charge on any atom is -0.480 e. The lowest BCUT2D eigenvalue weighted by Gasteiger charge is -2.36. The van der Waals surface area contributed by atoms with E-state index < -0.39 is 24.0 Å². The van der Waals surface area contributed by atoms with E-state index >= 15 is 0 Å². The number of hydrogen-bond acceptors (Lipinski definition) is 3. The Balaban J connectivity index is 2.78. The van der Waals surface area contributed by atoms with Crippen molar-refractivity contribution in [1.82, 2.24) is 4.90 Å². The topological polar surface area (TPSA) is 77.8 Å². The first-order valence-corrected chi connectivity index (χ1v) is 5.29. The molecular formula is C10H17NO4. The van der Waals surface area contributed by atoms with Crippen LogP contribution in [0, 0.1) is 0 Å². The highest BCUT2D eigenvalue weighted by molar-refractivity contribution is 5.77. The Hall–Kier alpha value is -1.10. The molecule has 2 unspecified atom stereocenters. The second kappa shape index (κ2) is 5.11. The predicted molar refractivity (Wildman–Crippen MR) is 53.7 cm³/mol. The summed E-state index contributed by atoms with van der Waals surface area (Å²) in [5.74, 6) is -1.83. The molecule has 1 fully saturated rings. The van der Waals surface area contributed by atoms with E-state index in [9.17, 15) is 9.59 Å². The van der Waals surface area contributed by atoms with Crippen molar-refractivity contribution in [3.8, 4) is 0 Å². The average molecular weight is 215 g/mol. The predicted octanol–water partition coefficient (Wildman–Crippen LogP) is 0.789. The molecule has 15 heavy (non-hydrogen) atoms. The van der Waals surface area contributed by atoms with Gasteiger partial charge in [0.05, 0.1) is 0 Å². The molecule has 0 spiro atoms. The van der Waals surface area contributed by atoms with Gasteiger partial charge in [-0.15, -0.1) is 0 Å². The molecule has 0 aromatic heterocycles. The number of piperidine rings is 1. The lowest BCUT2D eigenvalue weighted by Crippen LogP contribution is -2.52. The average Bonchev–Trinajstić information content (AvgIpc) is 2.18. The van der Waals surface area contributed by atoms with E-state index in [0.717, 1.165) is 12.8 Å². The van der Waals surface area contributed by atoms with Crippen molar-refractivity contribution in [2.75, 3.05) is 6.54 Å². The van der Waals surface area contributed by atoms with Crippen LogP contribution in [0.25, 0.3) is 0 Å². The van der Waals surface area contributed by atoms with Gasteiger partial charge in [-0.2, -0.15) is 0 Å². The molecule has 0 aliphatic carbocycles. The molecule has 2 atom stereocenters. The second-order valence-electron chi connectivity index (χ2n) is 3.85. The van der Waals surface area contributed by atoms with Gasteiger partial charge in [-0.1, -0.05) is 13.3 Å². The normalized spacial score (nSPS) is 24.7. The third kappa shape index (κ3) is 2.68. The molecule has 2 N–H and O–H groups in total. The van der Waals surface area contributed by atoms with Crippen LogP contribution in [0.15, 0.2) is 0 Å². The summed E-state index contributed by atoms with van der Waals surface area (Å²) in [7, 11) is 0. The Bertz CT molecular complexity index is 238. The number of nitrogens with zero attached hydrogens (tertiary/aromatic N) is 1. The maximum atomic E-state index is 11.0. The monoisotopic (exact) mass is 215 g/mol. The van der Waals surface area contributed by atoms with E-state index in [2.05, 4.69) is 0 Å². The Morgan fingerprint density at radius 1 is 1.40 bits per heavy atom. The number of likely N-dealkylation sites (tertiary alicyclic amines) is 1. The Morgan fingerprint density at radius 3 is 2.53 bits per heavy atom. The van der Waals surface area contributed by atoms with E-state index in [4.69, 9.17) is 10.2 Å². The minimum absolute atomic E-state index is 0.444. The van der Waals surface area contributed by atoms with Gasteiger partial charge in [0.1, 0.15) is 12.1 Å². The molecule has 5 nitrogen and oxygen atoms in total. The van der Waals surface area contributed by atoms with Crippen molar-refractivity contribution in [3.63, 3.8) is 0 Å². The first-order valence-electron chi connectivity index (χ1n) is 5.29. The fraction of sp³-hybridized carbons (Fsp3) is 0.800. The molecule has 1 aliphatic rings. The SMILES string of the molecule is CCC(C(=O)O)N1CCCCC1C(=O)O. The summed E-state index contributed by atoms with van der Waals surface area (Å²) < 4.78 is 0. The fourth-order valence-electron chi connectivity index (χ4n) is 2.14. The maximum absolute atomic E-state index is 11.0. The molecule has 1 aliphatic heterocycles. The molecule has 0 bridgehead atoms. The number of carbonyl (C=O) groups is 2. The van der Waals surface area contributed by atoms with Gasteiger partial charge < -0.3 is 10.2 Å². The minimum atomic E-state index is -0.925. The number of rotatable bonds is 4. The fourth-order valence-corrected chi connectivity index (χ4v) is 2.14. The van der Waals surface area contributed by atoms with Gasteiger partial charge in [-0.05, 0) is 25.8 Å². The summed E-state index contributed by atoms with van der Waals surface area (Å²) in [6, 6.07) is -1.29. The van der Waals surface area contributed by atoms with Crippen molar-refractivity contribution in [2.24, 2.45) is 0 Å². The lowest BCUT2D eigenvalue weighted by atomic mass is 9.99. The lowest BCUT2D eigenvalue weighted by molar-refractivity contribution is -0.152. The summed E-state index contributed by atoms with van der Waals surface area (Å²) in [5.41, 5.74) is 0.